The molecule has 0 bridgehead atoms. The Hall–Kier alpha value is -2.86. The average molecular weight is 370 g/mol. The van der Waals surface area contributed by atoms with Gasteiger partial charge in [-0.05, 0) is 42.5 Å². The van der Waals surface area contributed by atoms with E-state index < -0.39 is 5.41 Å². The Bertz CT molecular complexity index is 780. The zero-order valence-electron chi connectivity index (χ0n) is 16.2. The molecule has 0 atom stereocenters. The van der Waals surface area contributed by atoms with Gasteiger partial charge in [-0.25, -0.2) is 0 Å². The molecular formula is C21H26N2O4. The van der Waals surface area contributed by atoms with Gasteiger partial charge in [-0.1, -0.05) is 26.8 Å². The number of carbonyl (C=O) groups excluding carboxylic acids is 2. The molecule has 0 spiro atoms. The van der Waals surface area contributed by atoms with Gasteiger partial charge in [0.1, 0.15) is 12.4 Å². The predicted octanol–water partition coefficient (Wildman–Crippen LogP) is 3.95. The van der Waals surface area contributed by atoms with Gasteiger partial charge in [0.2, 0.25) is 5.91 Å². The van der Waals surface area contributed by atoms with Gasteiger partial charge in [0, 0.05) is 29.5 Å². The minimum Gasteiger partial charge on any atom is -0.491 e. The number of methoxy groups -OCH3 is 1. The molecule has 2 aromatic rings. The van der Waals surface area contributed by atoms with E-state index in [4.69, 9.17) is 9.47 Å². The van der Waals surface area contributed by atoms with Crippen molar-refractivity contribution in [3.05, 3.63) is 54.1 Å². The number of amides is 2. The van der Waals surface area contributed by atoms with Crippen molar-refractivity contribution in [2.75, 3.05) is 31.0 Å². The first kappa shape index (κ1) is 20.5. The molecule has 0 fully saturated rings. The molecule has 27 heavy (non-hydrogen) atoms. The Morgan fingerprint density at radius 1 is 0.926 bits per heavy atom. The molecule has 2 aromatic carbocycles. The van der Waals surface area contributed by atoms with Crippen molar-refractivity contribution in [3.63, 3.8) is 0 Å². The molecule has 144 valence electrons. The van der Waals surface area contributed by atoms with Crippen molar-refractivity contribution in [2.24, 2.45) is 5.41 Å². The zero-order chi connectivity index (χ0) is 19.9. The quantitative estimate of drug-likeness (QED) is 0.724. The molecule has 0 unspecified atom stereocenters. The molecule has 2 rings (SSSR count). The molecule has 0 aliphatic rings. The molecule has 0 aromatic heterocycles. The first-order valence-electron chi connectivity index (χ1n) is 8.74. The number of nitrogens with one attached hydrogen (secondary N) is 2. The van der Waals surface area contributed by atoms with E-state index in [1.165, 1.54) is 0 Å². The monoisotopic (exact) mass is 370 g/mol. The van der Waals surface area contributed by atoms with E-state index >= 15 is 0 Å². The summed E-state index contributed by atoms with van der Waals surface area (Å²) < 4.78 is 10.4. The SMILES string of the molecule is COCCOc1ccc(C(=O)Nc2cccc(NC(=O)C(C)(C)C)c2)cc1. The third-order valence-corrected chi connectivity index (χ3v) is 3.73. The first-order chi connectivity index (χ1) is 12.8. The molecule has 0 aliphatic heterocycles. The average Bonchev–Trinajstić information content (AvgIpc) is 2.62. The zero-order valence-corrected chi connectivity index (χ0v) is 16.2. The lowest BCUT2D eigenvalue weighted by atomic mass is 9.95. The maximum Gasteiger partial charge on any atom is 0.255 e. The van der Waals surface area contributed by atoms with Crippen LogP contribution >= 0.6 is 0 Å². The summed E-state index contributed by atoms with van der Waals surface area (Å²) in [5, 5.41) is 5.68. The normalized spacial score (nSPS) is 11.0. The van der Waals surface area contributed by atoms with Crippen LogP contribution in [0.2, 0.25) is 0 Å². The van der Waals surface area contributed by atoms with Gasteiger partial charge in [-0.3, -0.25) is 9.59 Å². The fraction of sp³-hybridized carbons (Fsp3) is 0.333. The molecule has 0 heterocycles. The van der Waals surface area contributed by atoms with Crippen LogP contribution in [-0.2, 0) is 9.53 Å². The predicted molar refractivity (Wildman–Crippen MR) is 106 cm³/mol. The Labute approximate surface area is 159 Å². The Kier molecular flexibility index (Phi) is 6.96. The molecule has 2 N–H and O–H groups in total. The van der Waals surface area contributed by atoms with Crippen LogP contribution in [0.5, 0.6) is 5.75 Å². The minimum atomic E-state index is -0.494. The maximum absolute atomic E-state index is 12.4. The van der Waals surface area contributed by atoms with Crippen LogP contribution in [0, 0.1) is 5.41 Å². The van der Waals surface area contributed by atoms with E-state index in [1.807, 2.05) is 20.8 Å². The number of rotatable bonds is 7. The summed E-state index contributed by atoms with van der Waals surface area (Å²) >= 11 is 0. The van der Waals surface area contributed by atoms with Gasteiger partial charge < -0.3 is 20.1 Å². The van der Waals surface area contributed by atoms with Gasteiger partial charge in [0.25, 0.3) is 5.91 Å². The summed E-state index contributed by atoms with van der Waals surface area (Å²) in [6, 6.07) is 13.9. The number of carbonyl (C=O) groups is 2. The molecule has 2 amide bonds. The summed E-state index contributed by atoms with van der Waals surface area (Å²) in [7, 11) is 1.61. The summed E-state index contributed by atoms with van der Waals surface area (Å²) in [5.74, 6) is 0.350. The Balaban J connectivity index is 1.99. The lowest BCUT2D eigenvalue weighted by Crippen LogP contribution is -2.27. The van der Waals surface area contributed by atoms with Crippen LogP contribution in [0.25, 0.3) is 0 Å². The lowest BCUT2D eigenvalue weighted by Gasteiger charge is -2.18. The maximum atomic E-state index is 12.4. The molecule has 6 heteroatoms. The number of ether oxygens (including phenoxy) is 2. The van der Waals surface area contributed by atoms with E-state index in [0.717, 1.165) is 0 Å². The van der Waals surface area contributed by atoms with Crippen LogP contribution in [0.1, 0.15) is 31.1 Å². The smallest absolute Gasteiger partial charge is 0.255 e. The molecule has 0 aliphatic carbocycles. The first-order valence-corrected chi connectivity index (χ1v) is 8.74. The van der Waals surface area contributed by atoms with Crippen molar-refractivity contribution in [1.29, 1.82) is 0 Å². The lowest BCUT2D eigenvalue weighted by molar-refractivity contribution is -0.123. The summed E-state index contributed by atoms with van der Waals surface area (Å²) in [4.78, 5) is 24.5. The van der Waals surface area contributed by atoms with Crippen LogP contribution in [-0.4, -0.2) is 32.1 Å². The van der Waals surface area contributed by atoms with Gasteiger partial charge in [0.15, 0.2) is 0 Å². The highest BCUT2D eigenvalue weighted by atomic mass is 16.5. The molecule has 0 radical (unpaired) electrons. The number of benzene rings is 2. The van der Waals surface area contributed by atoms with Crippen molar-refractivity contribution in [1.82, 2.24) is 0 Å². The topological polar surface area (TPSA) is 76.7 Å². The highest BCUT2D eigenvalue weighted by molar-refractivity contribution is 6.04. The summed E-state index contributed by atoms with van der Waals surface area (Å²) in [5.41, 5.74) is 1.26. The van der Waals surface area contributed by atoms with Crippen molar-refractivity contribution in [3.8, 4) is 5.75 Å². The van der Waals surface area contributed by atoms with E-state index in [9.17, 15) is 9.59 Å². The standard InChI is InChI=1S/C21H26N2O4/c1-21(2,3)20(25)23-17-7-5-6-16(14-17)22-19(24)15-8-10-18(11-9-15)27-13-12-26-4/h5-11,14H,12-13H2,1-4H3,(H,22,24)(H,23,25). The second-order valence-electron chi connectivity index (χ2n) is 7.10. The van der Waals surface area contributed by atoms with E-state index in [1.54, 1.807) is 55.6 Å². The van der Waals surface area contributed by atoms with E-state index in [0.29, 0.717) is 35.9 Å². The highest BCUT2D eigenvalue weighted by Gasteiger charge is 2.21. The fourth-order valence-electron chi connectivity index (χ4n) is 2.14. The Morgan fingerprint density at radius 2 is 1.56 bits per heavy atom. The second kappa shape index (κ2) is 9.19. The van der Waals surface area contributed by atoms with Crippen LogP contribution in [0.15, 0.2) is 48.5 Å². The summed E-state index contributed by atoms with van der Waals surface area (Å²) in [6.07, 6.45) is 0. The van der Waals surface area contributed by atoms with Gasteiger partial charge >= 0.3 is 0 Å². The van der Waals surface area contributed by atoms with Crippen LogP contribution in [0.3, 0.4) is 0 Å². The van der Waals surface area contributed by atoms with E-state index in [2.05, 4.69) is 10.6 Å². The van der Waals surface area contributed by atoms with Crippen molar-refractivity contribution >= 4 is 23.2 Å². The van der Waals surface area contributed by atoms with Crippen molar-refractivity contribution < 1.29 is 19.1 Å². The molecule has 0 saturated carbocycles. The molecule has 0 saturated heterocycles. The third-order valence-electron chi connectivity index (χ3n) is 3.73. The number of hydrogen-bond donors (Lipinski definition) is 2. The number of anilines is 2. The number of hydrogen-bond acceptors (Lipinski definition) is 4. The highest BCUT2D eigenvalue weighted by Crippen LogP contribution is 2.21. The summed E-state index contributed by atoms with van der Waals surface area (Å²) in [6.45, 7) is 6.49. The minimum absolute atomic E-state index is 0.0879. The van der Waals surface area contributed by atoms with Crippen LogP contribution in [0.4, 0.5) is 11.4 Å². The second-order valence-corrected chi connectivity index (χ2v) is 7.10. The third kappa shape index (κ3) is 6.42. The van der Waals surface area contributed by atoms with Crippen LogP contribution < -0.4 is 15.4 Å². The van der Waals surface area contributed by atoms with Gasteiger partial charge in [-0.2, -0.15) is 0 Å². The molecule has 6 nitrogen and oxygen atoms in total. The van der Waals surface area contributed by atoms with Gasteiger partial charge in [-0.15, -0.1) is 0 Å². The van der Waals surface area contributed by atoms with E-state index in [-0.39, 0.29) is 11.8 Å². The van der Waals surface area contributed by atoms with Gasteiger partial charge in [0.05, 0.1) is 6.61 Å². The Morgan fingerprint density at radius 3 is 2.15 bits per heavy atom. The largest absolute Gasteiger partial charge is 0.491 e. The fourth-order valence-corrected chi connectivity index (χ4v) is 2.14. The van der Waals surface area contributed by atoms with Crippen molar-refractivity contribution in [2.45, 2.75) is 20.8 Å². The molecular weight excluding hydrogens is 344 g/mol.